The second kappa shape index (κ2) is 4.93. The van der Waals surface area contributed by atoms with E-state index < -0.39 is 5.54 Å². The van der Waals surface area contributed by atoms with Gasteiger partial charge in [-0.2, -0.15) is 0 Å². The number of rotatable bonds is 3. The van der Waals surface area contributed by atoms with E-state index in [2.05, 4.69) is 17.0 Å². The van der Waals surface area contributed by atoms with Crippen LogP contribution in [0.2, 0.25) is 0 Å². The van der Waals surface area contributed by atoms with Crippen molar-refractivity contribution >= 4 is 0 Å². The van der Waals surface area contributed by atoms with E-state index in [1.807, 2.05) is 18.2 Å². The van der Waals surface area contributed by atoms with Crippen LogP contribution in [0.1, 0.15) is 31.2 Å². The number of nitrogens with zero attached hydrogens (tertiary/aromatic N) is 2. The summed E-state index contributed by atoms with van der Waals surface area (Å²) in [5.41, 5.74) is 0.590. The van der Waals surface area contributed by atoms with Crippen LogP contribution in [0.3, 0.4) is 0 Å². The molecule has 0 amide bonds. The molecule has 1 saturated carbocycles. The molecule has 1 saturated heterocycles. The summed E-state index contributed by atoms with van der Waals surface area (Å²) in [6, 6.07) is 10.3. The molecule has 1 aromatic carbocycles. The Kier molecular flexibility index (Phi) is 3.27. The lowest BCUT2D eigenvalue weighted by molar-refractivity contribution is -0.578. The van der Waals surface area contributed by atoms with Crippen molar-refractivity contribution in [3.63, 3.8) is 0 Å². The molecule has 0 N–H and O–H groups in total. The molecular weight excluding hydrogens is 240 g/mol. The molecule has 1 aromatic rings. The van der Waals surface area contributed by atoms with Crippen LogP contribution in [-0.4, -0.2) is 28.5 Å². The first-order valence-electron chi connectivity index (χ1n) is 7.11. The lowest BCUT2D eigenvalue weighted by Gasteiger charge is -2.30. The molecule has 0 bridgehead atoms. The first-order chi connectivity index (χ1) is 9.21. The average Bonchev–Trinajstić information content (AvgIpc) is 2.79. The summed E-state index contributed by atoms with van der Waals surface area (Å²) in [5, 5.41) is 11.5. The second-order valence-corrected chi connectivity index (χ2v) is 5.96. The number of fused-ring (bicyclic) bond motifs is 1. The van der Waals surface area contributed by atoms with Crippen molar-refractivity contribution in [3.8, 4) is 0 Å². The molecule has 4 heteroatoms. The third-order valence-corrected chi connectivity index (χ3v) is 4.76. The van der Waals surface area contributed by atoms with Gasteiger partial charge in [-0.25, -0.2) is 0 Å². The Bertz CT molecular complexity index is 462. The minimum atomic E-state index is -0.660. The normalized spacial score (nSPS) is 31.1. The van der Waals surface area contributed by atoms with Gasteiger partial charge in [-0.1, -0.05) is 36.8 Å². The van der Waals surface area contributed by atoms with Gasteiger partial charge < -0.3 is 0 Å². The van der Waals surface area contributed by atoms with E-state index in [9.17, 15) is 10.1 Å². The lowest BCUT2D eigenvalue weighted by atomic mass is 9.75. The highest BCUT2D eigenvalue weighted by atomic mass is 16.6. The predicted molar refractivity (Wildman–Crippen MR) is 73.4 cm³/mol. The summed E-state index contributed by atoms with van der Waals surface area (Å²) < 4.78 is 0. The predicted octanol–water partition coefficient (Wildman–Crippen LogP) is 2.71. The van der Waals surface area contributed by atoms with Gasteiger partial charge in [0.25, 0.3) is 0 Å². The Balaban J connectivity index is 1.75. The third-order valence-electron chi connectivity index (χ3n) is 4.76. The fraction of sp³-hybridized carbons (Fsp3) is 0.600. The van der Waals surface area contributed by atoms with Gasteiger partial charge in [0.15, 0.2) is 0 Å². The smallest absolute Gasteiger partial charge is 0.238 e. The van der Waals surface area contributed by atoms with Gasteiger partial charge in [0.2, 0.25) is 5.54 Å². The molecule has 1 aliphatic carbocycles. The van der Waals surface area contributed by atoms with Crippen LogP contribution in [0, 0.1) is 16.0 Å². The van der Waals surface area contributed by atoms with Crippen LogP contribution >= 0.6 is 0 Å². The van der Waals surface area contributed by atoms with Crippen LogP contribution in [0.25, 0.3) is 0 Å². The van der Waals surface area contributed by atoms with E-state index in [0.717, 1.165) is 38.8 Å². The van der Waals surface area contributed by atoms with Crippen molar-refractivity contribution in [2.45, 2.75) is 37.8 Å². The van der Waals surface area contributed by atoms with Crippen LogP contribution in [0.4, 0.5) is 0 Å². The Morgan fingerprint density at radius 1 is 1.32 bits per heavy atom. The molecule has 2 aliphatic rings. The van der Waals surface area contributed by atoms with Crippen LogP contribution in [0.15, 0.2) is 30.3 Å². The maximum Gasteiger partial charge on any atom is 0.238 e. The van der Waals surface area contributed by atoms with E-state index in [4.69, 9.17) is 0 Å². The molecular formula is C15H20N2O2. The van der Waals surface area contributed by atoms with E-state index in [-0.39, 0.29) is 10.8 Å². The quantitative estimate of drug-likeness (QED) is 0.620. The van der Waals surface area contributed by atoms with E-state index >= 15 is 0 Å². The van der Waals surface area contributed by atoms with Gasteiger partial charge in [0, 0.05) is 30.4 Å². The van der Waals surface area contributed by atoms with Gasteiger partial charge >= 0.3 is 0 Å². The van der Waals surface area contributed by atoms with Crippen molar-refractivity contribution < 1.29 is 4.92 Å². The highest BCUT2D eigenvalue weighted by molar-refractivity contribution is 5.15. The lowest BCUT2D eigenvalue weighted by Crippen LogP contribution is -2.47. The maximum absolute atomic E-state index is 11.5. The highest BCUT2D eigenvalue weighted by Gasteiger charge is 2.57. The van der Waals surface area contributed by atoms with Crippen LogP contribution < -0.4 is 0 Å². The third kappa shape index (κ3) is 2.25. The fourth-order valence-electron chi connectivity index (χ4n) is 3.79. The van der Waals surface area contributed by atoms with E-state index in [0.29, 0.717) is 6.54 Å². The SMILES string of the molecule is O=[N+]([O-])[C@]12CCCC[C@H]1CN(Cc1ccccc1)C2. The molecule has 2 atom stereocenters. The van der Waals surface area contributed by atoms with Crippen LogP contribution in [-0.2, 0) is 6.54 Å². The summed E-state index contributed by atoms with van der Waals surface area (Å²) in [6.45, 7) is 2.35. The standard InChI is InChI=1S/C15H20N2O2/c18-17(19)15-9-5-4-8-14(15)11-16(12-15)10-13-6-2-1-3-7-13/h1-3,6-7,14H,4-5,8-12H2/t14-,15-/m0/s1. The molecule has 4 nitrogen and oxygen atoms in total. The zero-order valence-electron chi connectivity index (χ0n) is 11.1. The van der Waals surface area contributed by atoms with Gasteiger partial charge in [0.05, 0.1) is 6.54 Å². The summed E-state index contributed by atoms with van der Waals surface area (Å²) in [5.74, 6) is 0.250. The molecule has 19 heavy (non-hydrogen) atoms. The molecule has 1 heterocycles. The molecule has 1 aliphatic heterocycles. The Hall–Kier alpha value is -1.42. The van der Waals surface area contributed by atoms with Crippen molar-refractivity contribution in [1.82, 2.24) is 4.90 Å². The maximum atomic E-state index is 11.5. The largest absolute Gasteiger partial charge is 0.292 e. The van der Waals surface area contributed by atoms with Gasteiger partial charge in [-0.15, -0.1) is 0 Å². The Labute approximate surface area is 113 Å². The average molecular weight is 260 g/mol. The summed E-state index contributed by atoms with van der Waals surface area (Å²) in [7, 11) is 0. The highest BCUT2D eigenvalue weighted by Crippen LogP contribution is 2.42. The number of benzene rings is 1. The first-order valence-corrected chi connectivity index (χ1v) is 7.11. The number of nitro groups is 1. The molecule has 2 fully saturated rings. The Morgan fingerprint density at radius 2 is 2.11 bits per heavy atom. The van der Waals surface area contributed by atoms with Gasteiger partial charge in [-0.3, -0.25) is 15.0 Å². The molecule has 3 rings (SSSR count). The zero-order chi connectivity index (χ0) is 13.3. The minimum absolute atomic E-state index is 0.0157. The van der Waals surface area contributed by atoms with E-state index in [1.54, 1.807) is 0 Å². The summed E-state index contributed by atoms with van der Waals surface area (Å²) in [4.78, 5) is 13.8. The van der Waals surface area contributed by atoms with Crippen LogP contribution in [0.5, 0.6) is 0 Å². The molecule has 0 spiro atoms. The van der Waals surface area contributed by atoms with E-state index in [1.165, 1.54) is 5.56 Å². The number of hydrogen-bond acceptors (Lipinski definition) is 3. The number of hydrogen-bond donors (Lipinski definition) is 0. The molecule has 0 unspecified atom stereocenters. The number of likely N-dealkylation sites (tertiary alicyclic amines) is 1. The zero-order valence-corrected chi connectivity index (χ0v) is 11.1. The molecule has 0 aromatic heterocycles. The van der Waals surface area contributed by atoms with Crippen molar-refractivity contribution in [2.75, 3.05) is 13.1 Å². The first kappa shape index (κ1) is 12.6. The summed E-state index contributed by atoms with van der Waals surface area (Å²) in [6.07, 6.45) is 3.94. The summed E-state index contributed by atoms with van der Waals surface area (Å²) >= 11 is 0. The van der Waals surface area contributed by atoms with Crippen molar-refractivity contribution in [1.29, 1.82) is 0 Å². The minimum Gasteiger partial charge on any atom is -0.292 e. The van der Waals surface area contributed by atoms with Gasteiger partial charge in [-0.05, 0) is 18.4 Å². The van der Waals surface area contributed by atoms with Crippen molar-refractivity contribution in [3.05, 3.63) is 46.0 Å². The van der Waals surface area contributed by atoms with Gasteiger partial charge in [0.1, 0.15) is 0 Å². The monoisotopic (exact) mass is 260 g/mol. The fourth-order valence-corrected chi connectivity index (χ4v) is 3.79. The molecule has 0 radical (unpaired) electrons. The molecule has 102 valence electrons. The Morgan fingerprint density at radius 3 is 2.79 bits per heavy atom. The van der Waals surface area contributed by atoms with Crippen molar-refractivity contribution in [2.24, 2.45) is 5.92 Å². The topological polar surface area (TPSA) is 46.4 Å². The second-order valence-electron chi connectivity index (χ2n) is 5.96.